The number of unbranched alkanes of at least 4 members (excludes halogenated alkanes) is 4. The number of carboxylic acids is 1. The third-order valence-electron chi connectivity index (χ3n) is 2.93. The second-order valence-corrected chi connectivity index (χ2v) is 4.57. The number of carboxylic acid groups (broad SMARTS) is 1. The van der Waals surface area contributed by atoms with Crippen LogP contribution in [0.15, 0.2) is 12.1 Å². The number of hydrogen-bond donors (Lipinski definition) is 2. The highest BCUT2D eigenvalue weighted by Crippen LogP contribution is 2.22. The third-order valence-corrected chi connectivity index (χ3v) is 2.93. The van der Waals surface area contributed by atoms with Gasteiger partial charge in [0.25, 0.3) is 0 Å². The first kappa shape index (κ1) is 15.4. The van der Waals surface area contributed by atoms with E-state index < -0.39 is 23.4 Å². The number of hydrogen-bond acceptors (Lipinski definition) is 2. The number of aliphatic carboxylic acids is 1. The van der Waals surface area contributed by atoms with Gasteiger partial charge in [0.15, 0.2) is 17.4 Å². The summed E-state index contributed by atoms with van der Waals surface area (Å²) in [6, 6.07) is 2.28. The number of phenolic OH excluding ortho intramolecular Hbond substituents is 1. The molecule has 3 nitrogen and oxygen atoms in total. The molecule has 5 heteroatoms. The average molecular weight is 272 g/mol. The van der Waals surface area contributed by atoms with Crippen LogP contribution in [0.5, 0.6) is 5.75 Å². The molecule has 1 aromatic carbocycles. The first-order valence-corrected chi connectivity index (χ1v) is 6.39. The normalized spacial score (nSPS) is 10.6. The van der Waals surface area contributed by atoms with Gasteiger partial charge >= 0.3 is 5.97 Å². The summed E-state index contributed by atoms with van der Waals surface area (Å²) < 4.78 is 26.1. The maximum atomic E-state index is 13.0. The van der Waals surface area contributed by atoms with E-state index in [4.69, 9.17) is 10.2 Å². The van der Waals surface area contributed by atoms with E-state index in [-0.39, 0.29) is 6.42 Å². The van der Waals surface area contributed by atoms with Crippen molar-refractivity contribution < 1.29 is 23.8 Å². The van der Waals surface area contributed by atoms with Gasteiger partial charge in [-0.15, -0.1) is 0 Å². The standard InChI is InChI=1S/C14H18F2O3/c15-11-8-10(9-12(16)14(11)19)6-4-2-1-3-5-7-13(17)18/h8-9,19H,1-7H2,(H,17,18). The number of phenols is 1. The van der Waals surface area contributed by atoms with E-state index in [1.165, 1.54) is 0 Å². The highest BCUT2D eigenvalue weighted by atomic mass is 19.1. The maximum Gasteiger partial charge on any atom is 0.303 e. The molecule has 0 saturated carbocycles. The highest BCUT2D eigenvalue weighted by Gasteiger charge is 2.09. The van der Waals surface area contributed by atoms with Crippen LogP contribution in [0.25, 0.3) is 0 Å². The van der Waals surface area contributed by atoms with Gasteiger partial charge in [-0.1, -0.05) is 19.3 Å². The largest absolute Gasteiger partial charge is 0.503 e. The van der Waals surface area contributed by atoms with Crippen LogP contribution < -0.4 is 0 Å². The minimum absolute atomic E-state index is 0.189. The van der Waals surface area contributed by atoms with E-state index in [9.17, 15) is 13.6 Å². The van der Waals surface area contributed by atoms with Crippen LogP contribution in [0.2, 0.25) is 0 Å². The quantitative estimate of drug-likeness (QED) is 0.710. The van der Waals surface area contributed by atoms with Gasteiger partial charge < -0.3 is 10.2 Å². The summed E-state index contributed by atoms with van der Waals surface area (Å²) in [5.41, 5.74) is 0.526. The molecular weight excluding hydrogens is 254 g/mol. The summed E-state index contributed by atoms with van der Waals surface area (Å²) in [6.07, 6.45) is 4.85. The van der Waals surface area contributed by atoms with Crippen molar-refractivity contribution in [2.45, 2.75) is 44.9 Å². The lowest BCUT2D eigenvalue weighted by atomic mass is 10.0. The van der Waals surface area contributed by atoms with Gasteiger partial charge in [-0.05, 0) is 37.0 Å². The lowest BCUT2D eigenvalue weighted by Gasteiger charge is -2.04. The predicted molar refractivity (Wildman–Crippen MR) is 67.1 cm³/mol. The molecule has 0 radical (unpaired) electrons. The molecule has 0 spiro atoms. The predicted octanol–water partition coefficient (Wildman–Crippen LogP) is 3.64. The topological polar surface area (TPSA) is 57.5 Å². The first-order valence-electron chi connectivity index (χ1n) is 6.39. The van der Waals surface area contributed by atoms with Crippen molar-refractivity contribution in [2.24, 2.45) is 0 Å². The number of aromatic hydroxyl groups is 1. The van der Waals surface area contributed by atoms with Crippen molar-refractivity contribution in [3.8, 4) is 5.75 Å². The van der Waals surface area contributed by atoms with Crippen molar-refractivity contribution in [3.05, 3.63) is 29.3 Å². The minimum Gasteiger partial charge on any atom is -0.503 e. The molecular formula is C14H18F2O3. The van der Waals surface area contributed by atoms with E-state index in [2.05, 4.69) is 0 Å². The van der Waals surface area contributed by atoms with Crippen molar-refractivity contribution in [3.63, 3.8) is 0 Å². The molecule has 0 atom stereocenters. The van der Waals surface area contributed by atoms with Crippen molar-refractivity contribution in [1.82, 2.24) is 0 Å². The lowest BCUT2D eigenvalue weighted by Crippen LogP contribution is -1.94. The van der Waals surface area contributed by atoms with Gasteiger partial charge in [-0.25, -0.2) is 8.78 Å². The van der Waals surface area contributed by atoms with Gasteiger partial charge in [0.2, 0.25) is 0 Å². The second-order valence-electron chi connectivity index (χ2n) is 4.57. The Kier molecular flexibility index (Phi) is 6.25. The molecule has 0 aliphatic rings. The Balaban J connectivity index is 2.21. The van der Waals surface area contributed by atoms with Gasteiger partial charge in [0.05, 0.1) is 0 Å². The summed E-state index contributed by atoms with van der Waals surface area (Å²) in [6.45, 7) is 0. The molecule has 0 aromatic heterocycles. The third kappa shape index (κ3) is 5.68. The first-order chi connectivity index (χ1) is 9.00. The van der Waals surface area contributed by atoms with Crippen LogP contribution in [0, 0.1) is 11.6 Å². The Morgan fingerprint density at radius 2 is 1.53 bits per heavy atom. The Labute approximate surface area is 110 Å². The van der Waals surface area contributed by atoms with Gasteiger partial charge in [0, 0.05) is 6.42 Å². The van der Waals surface area contributed by atoms with E-state index in [0.717, 1.165) is 37.8 Å². The summed E-state index contributed by atoms with van der Waals surface area (Å²) in [4.78, 5) is 10.3. The van der Waals surface area contributed by atoms with Crippen LogP contribution in [-0.4, -0.2) is 16.2 Å². The lowest BCUT2D eigenvalue weighted by molar-refractivity contribution is -0.137. The van der Waals surface area contributed by atoms with Crippen LogP contribution in [0.4, 0.5) is 8.78 Å². The maximum absolute atomic E-state index is 13.0. The molecule has 1 rings (SSSR count). The van der Waals surface area contributed by atoms with E-state index in [0.29, 0.717) is 18.4 Å². The zero-order valence-corrected chi connectivity index (χ0v) is 10.7. The molecule has 19 heavy (non-hydrogen) atoms. The monoisotopic (exact) mass is 272 g/mol. The fourth-order valence-corrected chi connectivity index (χ4v) is 1.90. The van der Waals surface area contributed by atoms with Crippen LogP contribution in [0.3, 0.4) is 0 Å². The Morgan fingerprint density at radius 1 is 1.00 bits per heavy atom. The van der Waals surface area contributed by atoms with Crippen LogP contribution in [-0.2, 0) is 11.2 Å². The summed E-state index contributed by atoms with van der Waals surface area (Å²) in [5, 5.41) is 17.4. The van der Waals surface area contributed by atoms with Gasteiger partial charge in [0.1, 0.15) is 0 Å². The van der Waals surface area contributed by atoms with E-state index >= 15 is 0 Å². The smallest absolute Gasteiger partial charge is 0.303 e. The van der Waals surface area contributed by atoms with Crippen molar-refractivity contribution in [2.75, 3.05) is 0 Å². The molecule has 1 aromatic rings. The Bertz CT molecular complexity index is 410. The van der Waals surface area contributed by atoms with Crippen LogP contribution in [0.1, 0.15) is 44.1 Å². The highest BCUT2D eigenvalue weighted by molar-refractivity contribution is 5.66. The molecule has 0 bridgehead atoms. The SMILES string of the molecule is O=C(O)CCCCCCCc1cc(F)c(O)c(F)c1. The molecule has 0 fully saturated rings. The number of benzene rings is 1. The fraction of sp³-hybridized carbons (Fsp3) is 0.500. The second kappa shape index (κ2) is 7.71. The number of halogens is 2. The molecule has 0 saturated heterocycles. The minimum atomic E-state index is -0.934. The summed E-state index contributed by atoms with van der Waals surface area (Å²) >= 11 is 0. The van der Waals surface area contributed by atoms with Gasteiger partial charge in [-0.2, -0.15) is 0 Å². The number of aryl methyl sites for hydroxylation is 1. The van der Waals surface area contributed by atoms with Crippen LogP contribution >= 0.6 is 0 Å². The molecule has 0 amide bonds. The van der Waals surface area contributed by atoms with Gasteiger partial charge in [-0.3, -0.25) is 4.79 Å². The molecule has 0 aliphatic carbocycles. The number of rotatable bonds is 8. The zero-order valence-electron chi connectivity index (χ0n) is 10.7. The molecule has 0 unspecified atom stereocenters. The van der Waals surface area contributed by atoms with E-state index in [1.54, 1.807) is 0 Å². The Morgan fingerprint density at radius 3 is 2.11 bits per heavy atom. The average Bonchev–Trinajstić information content (AvgIpc) is 2.34. The molecule has 0 aliphatic heterocycles. The molecule has 0 heterocycles. The van der Waals surface area contributed by atoms with E-state index in [1.807, 2.05) is 0 Å². The Hall–Kier alpha value is -1.65. The number of carbonyl (C=O) groups is 1. The van der Waals surface area contributed by atoms with Crippen molar-refractivity contribution in [1.29, 1.82) is 0 Å². The molecule has 106 valence electrons. The van der Waals surface area contributed by atoms with Crippen molar-refractivity contribution >= 4 is 5.97 Å². The summed E-state index contributed by atoms with van der Waals surface area (Å²) in [5.74, 6) is -3.58. The zero-order chi connectivity index (χ0) is 14.3. The molecule has 2 N–H and O–H groups in total. The fourth-order valence-electron chi connectivity index (χ4n) is 1.90. The summed E-state index contributed by atoms with van der Waals surface area (Å²) in [7, 11) is 0.